The largest absolute Gasteiger partial charge is 0.480 e. The molecule has 0 saturated carbocycles. The van der Waals surface area contributed by atoms with E-state index in [4.69, 9.17) is 16.2 Å². The number of nitrogens with one attached hydrogen (secondary N) is 2. The molecule has 0 bridgehead atoms. The molecular formula is C24H26N6O5. The number of carbonyl (C=O) groups is 3. The minimum Gasteiger partial charge on any atom is -0.480 e. The van der Waals surface area contributed by atoms with E-state index in [2.05, 4.69) is 20.6 Å². The summed E-state index contributed by atoms with van der Waals surface area (Å²) in [6.45, 7) is -0.317. The number of rotatable bonds is 10. The zero-order valence-corrected chi connectivity index (χ0v) is 18.8. The molecule has 3 aromatic rings. The molecule has 0 aliphatic heterocycles. The Bertz CT molecular complexity index is 1150. The fourth-order valence-corrected chi connectivity index (χ4v) is 3.17. The second kappa shape index (κ2) is 12.0. The highest BCUT2D eigenvalue weighted by Crippen LogP contribution is 2.11. The van der Waals surface area contributed by atoms with Crippen molar-refractivity contribution in [3.63, 3.8) is 0 Å². The highest BCUT2D eigenvalue weighted by molar-refractivity contribution is 5.94. The summed E-state index contributed by atoms with van der Waals surface area (Å²) in [7, 11) is 0. The quantitative estimate of drug-likeness (QED) is 0.288. The number of nitrogens with zero attached hydrogens (tertiary/aromatic N) is 2. The van der Waals surface area contributed by atoms with Gasteiger partial charge in [-0.25, -0.2) is 14.6 Å². The number of ether oxygens (including phenoxy) is 1. The minimum atomic E-state index is -1.35. The van der Waals surface area contributed by atoms with Gasteiger partial charge >= 0.3 is 12.1 Å². The summed E-state index contributed by atoms with van der Waals surface area (Å²) in [5, 5.41) is 14.1. The Morgan fingerprint density at radius 1 is 0.943 bits per heavy atom. The molecule has 7 N–H and O–H groups in total. The third kappa shape index (κ3) is 8.00. The number of carboxylic acids is 1. The fraction of sp³-hybridized carbons (Fsp3) is 0.208. The molecule has 182 valence electrons. The number of carboxylic acid groups (broad SMARTS) is 1. The number of nitrogens with two attached hydrogens (primary N) is 2. The van der Waals surface area contributed by atoms with E-state index in [1.807, 2.05) is 6.07 Å². The van der Waals surface area contributed by atoms with Gasteiger partial charge < -0.3 is 31.9 Å². The number of hydrogen-bond acceptors (Lipinski definition) is 8. The van der Waals surface area contributed by atoms with Crippen LogP contribution in [0.1, 0.15) is 27.2 Å². The molecule has 2 amide bonds. The number of benzene rings is 2. The van der Waals surface area contributed by atoms with E-state index >= 15 is 0 Å². The third-order valence-corrected chi connectivity index (χ3v) is 4.97. The normalized spacial score (nSPS) is 11.3. The molecule has 0 radical (unpaired) electrons. The number of alkyl carbamates (subject to hydrolysis) is 1. The summed E-state index contributed by atoms with van der Waals surface area (Å²) in [5.74, 6) is -1.36. The van der Waals surface area contributed by atoms with Crippen LogP contribution in [0, 0.1) is 0 Å². The Hall–Kier alpha value is -4.67. The molecule has 1 aromatic heterocycles. The summed E-state index contributed by atoms with van der Waals surface area (Å²) in [6, 6.07) is 16.1. The van der Waals surface area contributed by atoms with E-state index in [1.165, 1.54) is 0 Å². The number of anilines is 2. The minimum absolute atomic E-state index is 0.00425. The molecule has 0 aliphatic rings. The first-order chi connectivity index (χ1) is 16.8. The zero-order valence-electron chi connectivity index (χ0n) is 18.8. The second-order valence-corrected chi connectivity index (χ2v) is 7.65. The van der Waals surface area contributed by atoms with Crippen LogP contribution >= 0.6 is 0 Å². The van der Waals surface area contributed by atoms with Crippen LogP contribution in [-0.2, 0) is 29.0 Å². The standard InChI is InChI=1S/C24H26N6O5/c25-20-12-18(28-23(26)30-20)11-8-15-6-9-17(10-7-15)21(31)27-13-19(22(32)33)29-24(34)35-14-16-4-2-1-3-5-16/h1-7,9-10,12,19H,8,11,13-14H2,(H,27,31)(H,29,34)(H,32,33)(H4,25,26,28,30). The number of nitrogen functional groups attached to an aromatic ring is 2. The Morgan fingerprint density at radius 2 is 1.66 bits per heavy atom. The molecule has 1 heterocycles. The molecule has 2 aromatic carbocycles. The van der Waals surface area contributed by atoms with Gasteiger partial charge in [-0.05, 0) is 36.1 Å². The monoisotopic (exact) mass is 478 g/mol. The molecule has 1 unspecified atom stereocenters. The predicted octanol–water partition coefficient (Wildman–Crippen LogP) is 1.54. The van der Waals surface area contributed by atoms with Gasteiger partial charge in [-0.3, -0.25) is 4.79 Å². The molecule has 0 aliphatic carbocycles. The molecule has 0 spiro atoms. The van der Waals surface area contributed by atoms with Gasteiger partial charge in [-0.1, -0.05) is 42.5 Å². The number of aliphatic carboxylic acids is 1. The number of aryl methyl sites for hydroxylation is 2. The maximum absolute atomic E-state index is 12.4. The summed E-state index contributed by atoms with van der Waals surface area (Å²) >= 11 is 0. The molecule has 11 heteroatoms. The van der Waals surface area contributed by atoms with Crippen molar-refractivity contribution in [1.29, 1.82) is 0 Å². The van der Waals surface area contributed by atoms with Crippen molar-refractivity contribution >= 4 is 29.7 Å². The fourth-order valence-electron chi connectivity index (χ4n) is 3.17. The highest BCUT2D eigenvalue weighted by atomic mass is 16.5. The van der Waals surface area contributed by atoms with Crippen molar-refractivity contribution < 1.29 is 24.2 Å². The van der Waals surface area contributed by atoms with Gasteiger partial charge in [-0.2, -0.15) is 4.98 Å². The average molecular weight is 479 g/mol. The first-order valence-electron chi connectivity index (χ1n) is 10.8. The van der Waals surface area contributed by atoms with Crippen LogP contribution in [0.3, 0.4) is 0 Å². The Balaban J connectivity index is 1.47. The number of amides is 2. The van der Waals surface area contributed by atoms with Gasteiger partial charge in [-0.15, -0.1) is 0 Å². The number of hydrogen-bond donors (Lipinski definition) is 5. The van der Waals surface area contributed by atoms with Crippen molar-refractivity contribution in [3.05, 3.63) is 83.0 Å². The van der Waals surface area contributed by atoms with Crippen LogP contribution in [-0.4, -0.2) is 45.6 Å². The van der Waals surface area contributed by atoms with Crippen LogP contribution in [0.4, 0.5) is 16.6 Å². The van der Waals surface area contributed by atoms with Crippen molar-refractivity contribution in [2.45, 2.75) is 25.5 Å². The van der Waals surface area contributed by atoms with E-state index in [0.717, 1.165) is 11.1 Å². The van der Waals surface area contributed by atoms with E-state index in [-0.39, 0.29) is 19.1 Å². The predicted molar refractivity (Wildman–Crippen MR) is 128 cm³/mol. The van der Waals surface area contributed by atoms with E-state index in [0.29, 0.717) is 29.9 Å². The lowest BCUT2D eigenvalue weighted by Crippen LogP contribution is -2.48. The lowest BCUT2D eigenvalue weighted by Gasteiger charge is -2.15. The lowest BCUT2D eigenvalue weighted by atomic mass is 10.1. The topological polar surface area (TPSA) is 183 Å². The van der Waals surface area contributed by atoms with Crippen LogP contribution in [0.2, 0.25) is 0 Å². The molecule has 0 fully saturated rings. The van der Waals surface area contributed by atoms with E-state index in [9.17, 15) is 19.5 Å². The van der Waals surface area contributed by atoms with Gasteiger partial charge in [0.15, 0.2) is 0 Å². The number of carbonyl (C=O) groups excluding carboxylic acids is 2. The van der Waals surface area contributed by atoms with Gasteiger partial charge in [0.2, 0.25) is 5.95 Å². The second-order valence-electron chi connectivity index (χ2n) is 7.65. The van der Waals surface area contributed by atoms with Gasteiger partial charge in [0, 0.05) is 23.9 Å². The molecule has 35 heavy (non-hydrogen) atoms. The molecule has 0 saturated heterocycles. The summed E-state index contributed by atoms with van der Waals surface area (Å²) in [5.41, 5.74) is 14.1. The van der Waals surface area contributed by atoms with Gasteiger partial charge in [0.05, 0.1) is 0 Å². The molecular weight excluding hydrogens is 452 g/mol. The van der Waals surface area contributed by atoms with Crippen LogP contribution in [0.5, 0.6) is 0 Å². The van der Waals surface area contributed by atoms with Crippen LogP contribution in [0.25, 0.3) is 0 Å². The lowest BCUT2D eigenvalue weighted by molar-refractivity contribution is -0.139. The maximum Gasteiger partial charge on any atom is 0.408 e. The Morgan fingerprint density at radius 3 is 2.31 bits per heavy atom. The highest BCUT2D eigenvalue weighted by Gasteiger charge is 2.22. The zero-order chi connectivity index (χ0) is 25.2. The van der Waals surface area contributed by atoms with Gasteiger partial charge in [0.25, 0.3) is 5.91 Å². The van der Waals surface area contributed by atoms with E-state index < -0.39 is 24.0 Å². The summed E-state index contributed by atoms with van der Waals surface area (Å²) in [4.78, 5) is 43.8. The van der Waals surface area contributed by atoms with Crippen LogP contribution in [0.15, 0.2) is 60.7 Å². The third-order valence-electron chi connectivity index (χ3n) is 4.97. The first kappa shape index (κ1) is 25.0. The molecule has 1 atom stereocenters. The number of aromatic nitrogens is 2. The Kier molecular flexibility index (Phi) is 8.54. The SMILES string of the molecule is Nc1cc(CCc2ccc(C(=O)NCC(NC(=O)OCc3ccccc3)C(=O)O)cc2)nc(N)n1. The summed E-state index contributed by atoms with van der Waals surface area (Å²) < 4.78 is 5.03. The summed E-state index contributed by atoms with van der Waals surface area (Å²) in [6.07, 6.45) is 0.343. The van der Waals surface area contributed by atoms with E-state index in [1.54, 1.807) is 54.6 Å². The maximum atomic E-state index is 12.4. The Labute approximate surface area is 201 Å². The molecule has 3 rings (SSSR count). The first-order valence-corrected chi connectivity index (χ1v) is 10.8. The van der Waals surface area contributed by atoms with Crippen molar-refractivity contribution in [2.75, 3.05) is 18.0 Å². The van der Waals surface area contributed by atoms with Crippen molar-refractivity contribution in [1.82, 2.24) is 20.6 Å². The van der Waals surface area contributed by atoms with Crippen molar-refractivity contribution in [2.24, 2.45) is 0 Å². The molecule has 11 nitrogen and oxygen atoms in total. The van der Waals surface area contributed by atoms with Crippen LogP contribution < -0.4 is 22.1 Å². The van der Waals surface area contributed by atoms with Crippen molar-refractivity contribution in [3.8, 4) is 0 Å². The smallest absolute Gasteiger partial charge is 0.408 e. The van der Waals surface area contributed by atoms with Gasteiger partial charge in [0.1, 0.15) is 18.5 Å². The average Bonchev–Trinajstić information content (AvgIpc) is 2.84.